The van der Waals surface area contributed by atoms with Crippen LogP contribution in [0, 0.1) is 25.7 Å². The lowest BCUT2D eigenvalue weighted by molar-refractivity contribution is 0.103. The summed E-state index contributed by atoms with van der Waals surface area (Å²) in [5.41, 5.74) is 2.42. The number of anilines is 1. The van der Waals surface area contributed by atoms with Crippen LogP contribution in [0.5, 0.6) is 0 Å². The SMILES string of the molecule is Cc1ccc(NC(=O)c2ccc(C)s2)c(C#CCO)c1. The molecule has 0 atom stereocenters. The van der Waals surface area contributed by atoms with Crippen LogP contribution >= 0.6 is 11.3 Å². The van der Waals surface area contributed by atoms with Crippen molar-refractivity contribution in [2.24, 2.45) is 0 Å². The zero-order chi connectivity index (χ0) is 14.5. The minimum absolute atomic E-state index is 0.140. The van der Waals surface area contributed by atoms with Crippen LogP contribution in [0.3, 0.4) is 0 Å². The predicted octanol–water partition coefficient (Wildman–Crippen LogP) is 2.96. The number of thiophene rings is 1. The molecule has 0 saturated carbocycles. The minimum atomic E-state index is -0.203. The molecule has 4 heteroatoms. The molecule has 0 fully saturated rings. The highest BCUT2D eigenvalue weighted by molar-refractivity contribution is 7.14. The van der Waals surface area contributed by atoms with Crippen molar-refractivity contribution in [2.75, 3.05) is 11.9 Å². The van der Waals surface area contributed by atoms with Gasteiger partial charge in [-0.2, -0.15) is 0 Å². The van der Waals surface area contributed by atoms with Crippen molar-refractivity contribution in [3.8, 4) is 11.8 Å². The Morgan fingerprint density at radius 1 is 1.30 bits per heavy atom. The number of hydrogen-bond acceptors (Lipinski definition) is 3. The van der Waals surface area contributed by atoms with Gasteiger partial charge in [-0.05, 0) is 43.7 Å². The standard InChI is InChI=1S/C16H15NO2S/c1-11-5-7-14(13(10-11)4-3-9-18)17-16(19)15-8-6-12(2)20-15/h5-8,10,18H,9H2,1-2H3,(H,17,19). The summed E-state index contributed by atoms with van der Waals surface area (Å²) < 4.78 is 0. The highest BCUT2D eigenvalue weighted by Crippen LogP contribution is 2.20. The second kappa shape index (κ2) is 6.38. The first kappa shape index (κ1) is 14.3. The first-order valence-electron chi connectivity index (χ1n) is 6.18. The van der Waals surface area contributed by atoms with Gasteiger partial charge in [-0.25, -0.2) is 0 Å². The zero-order valence-corrected chi connectivity index (χ0v) is 12.2. The lowest BCUT2D eigenvalue weighted by Crippen LogP contribution is -2.11. The van der Waals surface area contributed by atoms with E-state index in [1.807, 2.05) is 44.2 Å². The topological polar surface area (TPSA) is 49.3 Å². The Kier molecular flexibility index (Phi) is 4.57. The third-order valence-corrected chi connectivity index (χ3v) is 3.69. The molecule has 0 unspecified atom stereocenters. The number of aliphatic hydroxyl groups is 1. The molecule has 1 aromatic heterocycles. The molecule has 0 radical (unpaired) electrons. The Hall–Kier alpha value is -2.09. The summed E-state index contributed by atoms with van der Waals surface area (Å²) in [7, 11) is 0. The zero-order valence-electron chi connectivity index (χ0n) is 11.4. The van der Waals surface area contributed by atoms with Gasteiger partial charge in [0.15, 0.2) is 0 Å². The van der Waals surface area contributed by atoms with E-state index in [2.05, 4.69) is 17.2 Å². The second-order valence-electron chi connectivity index (χ2n) is 4.37. The molecule has 0 bridgehead atoms. The van der Waals surface area contributed by atoms with Crippen LogP contribution in [0.2, 0.25) is 0 Å². The third kappa shape index (κ3) is 3.47. The number of aryl methyl sites for hydroxylation is 2. The maximum Gasteiger partial charge on any atom is 0.265 e. The summed E-state index contributed by atoms with van der Waals surface area (Å²) in [6, 6.07) is 9.36. The molecule has 1 amide bonds. The fourth-order valence-corrected chi connectivity index (χ4v) is 2.51. The maximum absolute atomic E-state index is 12.1. The smallest absolute Gasteiger partial charge is 0.265 e. The van der Waals surface area contributed by atoms with E-state index in [1.54, 1.807) is 0 Å². The van der Waals surface area contributed by atoms with E-state index < -0.39 is 0 Å². The number of carbonyl (C=O) groups is 1. The molecule has 1 aromatic carbocycles. The van der Waals surface area contributed by atoms with Gasteiger partial charge in [-0.1, -0.05) is 17.9 Å². The van der Waals surface area contributed by atoms with Crippen molar-refractivity contribution < 1.29 is 9.90 Å². The summed E-state index contributed by atoms with van der Waals surface area (Å²) in [6.07, 6.45) is 0. The predicted molar refractivity (Wildman–Crippen MR) is 82.2 cm³/mol. The van der Waals surface area contributed by atoms with E-state index in [9.17, 15) is 4.79 Å². The molecule has 0 saturated heterocycles. The van der Waals surface area contributed by atoms with E-state index in [0.717, 1.165) is 10.4 Å². The molecule has 102 valence electrons. The second-order valence-corrected chi connectivity index (χ2v) is 5.66. The van der Waals surface area contributed by atoms with Gasteiger partial charge in [-0.15, -0.1) is 11.3 Å². The van der Waals surface area contributed by atoms with Gasteiger partial charge in [0.25, 0.3) is 5.91 Å². The van der Waals surface area contributed by atoms with Crippen LogP contribution in [-0.2, 0) is 0 Å². The average molecular weight is 285 g/mol. The van der Waals surface area contributed by atoms with E-state index in [-0.39, 0.29) is 12.5 Å². The van der Waals surface area contributed by atoms with Crippen LogP contribution in [0.25, 0.3) is 0 Å². The van der Waals surface area contributed by atoms with Gasteiger partial charge in [-0.3, -0.25) is 4.79 Å². The summed E-state index contributed by atoms with van der Waals surface area (Å²) in [4.78, 5) is 13.9. The number of carbonyl (C=O) groups excluding carboxylic acids is 1. The van der Waals surface area contributed by atoms with E-state index in [1.165, 1.54) is 11.3 Å². The Labute approximate surface area is 122 Å². The van der Waals surface area contributed by atoms with Gasteiger partial charge >= 0.3 is 0 Å². The van der Waals surface area contributed by atoms with Gasteiger partial charge in [0, 0.05) is 10.4 Å². The average Bonchev–Trinajstić information content (AvgIpc) is 2.85. The van der Waals surface area contributed by atoms with Gasteiger partial charge < -0.3 is 10.4 Å². The van der Waals surface area contributed by atoms with Crippen molar-refractivity contribution in [1.29, 1.82) is 0 Å². The molecule has 0 spiro atoms. The van der Waals surface area contributed by atoms with Crippen LogP contribution in [0.1, 0.15) is 25.7 Å². The van der Waals surface area contributed by atoms with Crippen LogP contribution in [-0.4, -0.2) is 17.6 Å². The number of nitrogens with one attached hydrogen (secondary N) is 1. The lowest BCUT2D eigenvalue weighted by atomic mass is 10.1. The summed E-state index contributed by atoms with van der Waals surface area (Å²) >= 11 is 1.45. The fraction of sp³-hybridized carbons (Fsp3) is 0.188. The maximum atomic E-state index is 12.1. The molecule has 0 aliphatic heterocycles. The van der Waals surface area contributed by atoms with Gasteiger partial charge in [0.05, 0.1) is 10.6 Å². The normalized spacial score (nSPS) is 9.75. The van der Waals surface area contributed by atoms with Crippen molar-refractivity contribution in [3.63, 3.8) is 0 Å². The summed E-state index contributed by atoms with van der Waals surface area (Å²) in [5.74, 6) is 5.32. The van der Waals surface area contributed by atoms with Crippen LogP contribution in [0.15, 0.2) is 30.3 Å². The fourth-order valence-electron chi connectivity index (χ4n) is 1.75. The van der Waals surface area contributed by atoms with E-state index in [0.29, 0.717) is 16.1 Å². The van der Waals surface area contributed by atoms with Crippen LogP contribution < -0.4 is 5.32 Å². The highest BCUT2D eigenvalue weighted by atomic mass is 32.1. The molecular weight excluding hydrogens is 270 g/mol. The van der Waals surface area contributed by atoms with E-state index >= 15 is 0 Å². The van der Waals surface area contributed by atoms with Gasteiger partial charge in [0.2, 0.25) is 0 Å². The number of amides is 1. The molecule has 2 aromatic rings. The van der Waals surface area contributed by atoms with Gasteiger partial charge in [0.1, 0.15) is 6.61 Å². The molecule has 2 rings (SSSR count). The van der Waals surface area contributed by atoms with E-state index in [4.69, 9.17) is 5.11 Å². The van der Waals surface area contributed by atoms with Crippen LogP contribution in [0.4, 0.5) is 5.69 Å². The molecular formula is C16H15NO2S. The number of benzene rings is 1. The first-order valence-corrected chi connectivity index (χ1v) is 7.00. The molecule has 0 aliphatic carbocycles. The van der Waals surface area contributed by atoms with Crippen molar-refractivity contribution >= 4 is 22.9 Å². The Morgan fingerprint density at radius 3 is 2.75 bits per heavy atom. The van der Waals surface area contributed by atoms with Crippen molar-refractivity contribution in [3.05, 3.63) is 51.2 Å². The highest BCUT2D eigenvalue weighted by Gasteiger charge is 2.10. The first-order chi connectivity index (χ1) is 9.60. The monoisotopic (exact) mass is 285 g/mol. The quantitative estimate of drug-likeness (QED) is 0.833. The van der Waals surface area contributed by atoms with Crippen molar-refractivity contribution in [2.45, 2.75) is 13.8 Å². The summed E-state index contributed by atoms with van der Waals surface area (Å²) in [5, 5.41) is 11.7. The molecule has 2 N–H and O–H groups in total. The Balaban J connectivity index is 2.26. The Morgan fingerprint density at radius 2 is 2.10 bits per heavy atom. The molecule has 1 heterocycles. The minimum Gasteiger partial charge on any atom is -0.384 e. The number of hydrogen-bond donors (Lipinski definition) is 2. The number of rotatable bonds is 2. The lowest BCUT2D eigenvalue weighted by Gasteiger charge is -2.07. The molecule has 20 heavy (non-hydrogen) atoms. The number of aliphatic hydroxyl groups excluding tert-OH is 1. The molecule has 3 nitrogen and oxygen atoms in total. The van der Waals surface area contributed by atoms with Crippen molar-refractivity contribution in [1.82, 2.24) is 0 Å². The third-order valence-electron chi connectivity index (χ3n) is 2.69. The largest absolute Gasteiger partial charge is 0.384 e. The summed E-state index contributed by atoms with van der Waals surface area (Å²) in [6.45, 7) is 3.72. The Bertz CT molecular complexity index is 692. The molecule has 0 aliphatic rings.